The van der Waals surface area contributed by atoms with Gasteiger partial charge in [-0.2, -0.15) is 9.78 Å². The predicted molar refractivity (Wildman–Crippen MR) is 112 cm³/mol. The summed E-state index contributed by atoms with van der Waals surface area (Å²) in [5.74, 6) is 0.656. The second kappa shape index (κ2) is 6.51. The maximum absolute atomic E-state index is 10.8. The predicted octanol–water partition coefficient (Wildman–Crippen LogP) is 4.96. The van der Waals surface area contributed by atoms with Crippen LogP contribution in [-0.4, -0.2) is 24.9 Å². The van der Waals surface area contributed by atoms with Crippen LogP contribution < -0.4 is 0 Å². The van der Waals surface area contributed by atoms with Crippen LogP contribution in [0.25, 0.3) is 17.0 Å². The van der Waals surface area contributed by atoms with E-state index in [1.54, 1.807) is 0 Å². The second-order valence-electron chi connectivity index (χ2n) is 8.50. The monoisotopic (exact) mass is 374 g/mol. The van der Waals surface area contributed by atoms with Gasteiger partial charge >= 0.3 is 0 Å². The Balaban J connectivity index is 1.67. The molecule has 0 aliphatic rings. The summed E-state index contributed by atoms with van der Waals surface area (Å²) >= 11 is 0. The first kappa shape index (κ1) is 18.3. The zero-order chi connectivity index (χ0) is 20.1. The van der Waals surface area contributed by atoms with Crippen LogP contribution >= 0.6 is 0 Å². The number of hydrogen-bond donors (Lipinski definition) is 2. The number of nitrogens with zero attached hydrogens (tertiary/aromatic N) is 3. The van der Waals surface area contributed by atoms with Crippen LogP contribution in [0, 0.1) is 13.8 Å². The lowest BCUT2D eigenvalue weighted by Crippen LogP contribution is -2.10. The summed E-state index contributed by atoms with van der Waals surface area (Å²) in [5.41, 5.74) is 7.12. The van der Waals surface area contributed by atoms with Gasteiger partial charge in [0.15, 0.2) is 0 Å². The average molecular weight is 374 g/mol. The molecule has 2 aromatic carbocycles. The smallest absolute Gasteiger partial charge is 0.232 e. The molecule has 0 saturated carbocycles. The molecule has 0 aliphatic carbocycles. The van der Waals surface area contributed by atoms with Crippen molar-refractivity contribution in [3.05, 3.63) is 70.4 Å². The number of aromatic amines is 1. The van der Waals surface area contributed by atoms with Crippen molar-refractivity contribution in [2.24, 2.45) is 0 Å². The first-order valence-electron chi connectivity index (χ1n) is 9.56. The molecule has 0 fully saturated rings. The third-order valence-electron chi connectivity index (χ3n) is 5.18. The summed E-state index contributed by atoms with van der Waals surface area (Å²) in [5, 5.41) is 15.4. The molecule has 0 bridgehead atoms. The van der Waals surface area contributed by atoms with Crippen molar-refractivity contribution >= 4 is 11.0 Å². The molecule has 2 aromatic heterocycles. The van der Waals surface area contributed by atoms with Crippen LogP contribution in [0.15, 0.2) is 42.5 Å². The molecule has 5 heteroatoms. The highest BCUT2D eigenvalue weighted by molar-refractivity contribution is 5.77. The molecular weight excluding hydrogens is 348 g/mol. The topological polar surface area (TPSA) is 66.7 Å². The molecule has 28 heavy (non-hydrogen) atoms. The van der Waals surface area contributed by atoms with Gasteiger partial charge in [-0.15, -0.1) is 0 Å². The van der Waals surface area contributed by atoms with Gasteiger partial charge in [0.25, 0.3) is 0 Å². The Kier molecular flexibility index (Phi) is 4.26. The number of benzene rings is 2. The molecular formula is C23H26N4O. The van der Waals surface area contributed by atoms with Gasteiger partial charge in [0, 0.05) is 12.0 Å². The summed E-state index contributed by atoms with van der Waals surface area (Å²) in [7, 11) is 0. The number of nitrogens with one attached hydrogen (secondary N) is 1. The van der Waals surface area contributed by atoms with Gasteiger partial charge in [-0.05, 0) is 48.1 Å². The average Bonchev–Trinajstić information content (AvgIpc) is 3.16. The third-order valence-corrected chi connectivity index (χ3v) is 5.18. The van der Waals surface area contributed by atoms with E-state index in [9.17, 15) is 5.11 Å². The fourth-order valence-electron chi connectivity index (χ4n) is 3.43. The summed E-state index contributed by atoms with van der Waals surface area (Å²) in [6.07, 6.45) is 0.626. The highest BCUT2D eigenvalue weighted by Gasteiger charge is 2.19. The lowest BCUT2D eigenvalue weighted by Gasteiger charge is -2.19. The molecule has 4 aromatic rings. The van der Waals surface area contributed by atoms with Crippen molar-refractivity contribution in [3.63, 3.8) is 0 Å². The van der Waals surface area contributed by atoms with Crippen LogP contribution in [-0.2, 0) is 11.8 Å². The minimum Gasteiger partial charge on any atom is -0.493 e. The van der Waals surface area contributed by atoms with Gasteiger partial charge in [0.2, 0.25) is 11.8 Å². The Bertz CT molecular complexity index is 1140. The van der Waals surface area contributed by atoms with Crippen molar-refractivity contribution in [1.29, 1.82) is 0 Å². The van der Waals surface area contributed by atoms with Gasteiger partial charge in [0.05, 0.1) is 16.7 Å². The zero-order valence-corrected chi connectivity index (χ0v) is 17.0. The van der Waals surface area contributed by atoms with E-state index in [2.05, 4.69) is 60.1 Å². The second-order valence-corrected chi connectivity index (χ2v) is 8.50. The molecule has 0 saturated heterocycles. The van der Waals surface area contributed by atoms with Crippen molar-refractivity contribution in [3.8, 4) is 11.8 Å². The summed E-state index contributed by atoms with van der Waals surface area (Å²) in [6.45, 7) is 10.6. The van der Waals surface area contributed by atoms with Crippen LogP contribution in [0.1, 0.15) is 48.7 Å². The largest absolute Gasteiger partial charge is 0.493 e. The lowest BCUT2D eigenvalue weighted by molar-refractivity contribution is 0.426. The van der Waals surface area contributed by atoms with E-state index in [0.29, 0.717) is 12.4 Å². The summed E-state index contributed by atoms with van der Waals surface area (Å²) in [6, 6.07) is 14.6. The molecule has 2 heterocycles. The number of aryl methyl sites for hydroxylation is 2. The normalized spacial score (nSPS) is 12.0. The molecule has 4 rings (SSSR count). The van der Waals surface area contributed by atoms with Crippen molar-refractivity contribution < 1.29 is 5.11 Å². The number of imidazole rings is 1. The quantitative estimate of drug-likeness (QED) is 0.533. The van der Waals surface area contributed by atoms with E-state index >= 15 is 0 Å². The summed E-state index contributed by atoms with van der Waals surface area (Å²) < 4.78 is 1.49. The number of hydrogen-bond acceptors (Lipinski definition) is 3. The number of aromatic nitrogens is 4. The molecule has 144 valence electrons. The minimum atomic E-state index is 0.126. The molecule has 0 radical (unpaired) electrons. The minimum absolute atomic E-state index is 0.126. The van der Waals surface area contributed by atoms with Gasteiger partial charge < -0.3 is 10.1 Å². The molecule has 2 N–H and O–H groups in total. The highest BCUT2D eigenvalue weighted by atomic mass is 16.3. The Morgan fingerprint density at radius 3 is 2.43 bits per heavy atom. The number of aromatic hydroxyl groups is 1. The van der Waals surface area contributed by atoms with Crippen LogP contribution in [0.3, 0.4) is 0 Å². The van der Waals surface area contributed by atoms with Crippen molar-refractivity contribution in [1.82, 2.24) is 19.7 Å². The fourth-order valence-corrected chi connectivity index (χ4v) is 3.43. The maximum Gasteiger partial charge on any atom is 0.232 e. The van der Waals surface area contributed by atoms with E-state index in [4.69, 9.17) is 0 Å². The van der Waals surface area contributed by atoms with Crippen LogP contribution in [0.2, 0.25) is 0 Å². The molecule has 0 aliphatic heterocycles. The van der Waals surface area contributed by atoms with E-state index in [1.807, 2.05) is 32.0 Å². The van der Waals surface area contributed by atoms with E-state index in [-0.39, 0.29) is 11.3 Å². The van der Waals surface area contributed by atoms with Gasteiger partial charge in [0.1, 0.15) is 0 Å². The van der Waals surface area contributed by atoms with Crippen molar-refractivity contribution in [2.45, 2.75) is 46.5 Å². The maximum atomic E-state index is 10.8. The Morgan fingerprint density at radius 2 is 1.75 bits per heavy atom. The van der Waals surface area contributed by atoms with E-state index in [0.717, 1.165) is 33.4 Å². The van der Waals surface area contributed by atoms with Crippen molar-refractivity contribution in [2.75, 3.05) is 0 Å². The molecule has 0 spiro atoms. The van der Waals surface area contributed by atoms with E-state index < -0.39 is 0 Å². The first-order chi connectivity index (χ1) is 13.2. The number of H-pyrrole nitrogens is 1. The Morgan fingerprint density at radius 1 is 1.04 bits per heavy atom. The van der Waals surface area contributed by atoms with Gasteiger partial charge in [-0.1, -0.05) is 51.1 Å². The molecule has 0 amide bonds. The third kappa shape index (κ3) is 3.28. The molecule has 5 nitrogen and oxygen atoms in total. The van der Waals surface area contributed by atoms with Crippen LogP contribution in [0.4, 0.5) is 0 Å². The number of rotatable bonds is 3. The van der Waals surface area contributed by atoms with Gasteiger partial charge in [-0.25, -0.2) is 4.98 Å². The lowest BCUT2D eigenvalue weighted by atomic mass is 9.86. The zero-order valence-electron chi connectivity index (χ0n) is 17.0. The molecule has 0 atom stereocenters. The number of fused-ring (bicyclic) bond motifs is 1. The highest BCUT2D eigenvalue weighted by Crippen LogP contribution is 2.28. The molecule has 0 unspecified atom stereocenters. The standard InChI is InChI=1S/C23H26N4O/c1-14-6-11-19-20(12-14)25-22(24-19)27-21(28)18(15(2)26-27)13-16-7-9-17(10-8-16)23(3,4)5/h6-12,28H,13H2,1-5H3,(H,24,25). The van der Waals surface area contributed by atoms with E-state index in [1.165, 1.54) is 10.2 Å². The fraction of sp³-hybridized carbons (Fsp3) is 0.304. The summed E-state index contributed by atoms with van der Waals surface area (Å²) in [4.78, 5) is 7.83. The Labute approximate surface area is 165 Å². The Hall–Kier alpha value is -3.08. The van der Waals surface area contributed by atoms with Crippen LogP contribution in [0.5, 0.6) is 5.88 Å². The van der Waals surface area contributed by atoms with Gasteiger partial charge in [-0.3, -0.25) is 0 Å². The SMILES string of the molecule is Cc1ccc2[nH]c(-n3nc(C)c(Cc4ccc(C(C)(C)C)cc4)c3O)nc2c1. The first-order valence-corrected chi connectivity index (χ1v) is 9.56.